The summed E-state index contributed by atoms with van der Waals surface area (Å²) >= 11 is 0. The molecule has 6 nitrogen and oxygen atoms in total. The Labute approximate surface area is 223 Å². The Morgan fingerprint density at radius 3 is 2.37 bits per heavy atom. The molecule has 1 saturated heterocycles. The summed E-state index contributed by atoms with van der Waals surface area (Å²) in [6.07, 6.45) is 6.97. The molecule has 1 aliphatic carbocycles. The Kier molecular flexibility index (Phi) is 7.98. The third-order valence-electron chi connectivity index (χ3n) is 8.17. The predicted molar refractivity (Wildman–Crippen MR) is 142 cm³/mol. The van der Waals surface area contributed by atoms with Crippen LogP contribution in [0.25, 0.3) is 0 Å². The van der Waals surface area contributed by atoms with Gasteiger partial charge in [0.2, 0.25) is 5.91 Å². The van der Waals surface area contributed by atoms with Crippen LogP contribution in [0, 0.1) is 29.4 Å². The molecule has 0 radical (unpaired) electrons. The highest BCUT2D eigenvalue weighted by Crippen LogP contribution is 2.35. The largest absolute Gasteiger partial charge is 0.451 e. The van der Waals surface area contributed by atoms with Gasteiger partial charge in [-0.2, -0.15) is 0 Å². The monoisotopic (exact) mass is 525 g/mol. The Hall–Kier alpha value is -3.00. The highest BCUT2D eigenvalue weighted by atomic mass is 19.1. The van der Waals surface area contributed by atoms with Gasteiger partial charge in [0, 0.05) is 12.6 Å². The number of carbonyl (C=O) groups is 2. The molecule has 0 spiro atoms. The molecule has 1 atom stereocenters. The van der Waals surface area contributed by atoms with Crippen LogP contribution in [0.2, 0.25) is 0 Å². The molecule has 3 aliphatic rings. The number of ether oxygens (including phenoxy) is 1. The number of anilines is 1. The molecular weight excluding hydrogens is 488 g/mol. The number of amides is 2. The van der Waals surface area contributed by atoms with Crippen molar-refractivity contribution in [3.8, 4) is 11.5 Å². The fourth-order valence-corrected chi connectivity index (χ4v) is 5.79. The van der Waals surface area contributed by atoms with E-state index in [4.69, 9.17) is 4.74 Å². The van der Waals surface area contributed by atoms with Crippen molar-refractivity contribution in [2.45, 2.75) is 58.4 Å². The summed E-state index contributed by atoms with van der Waals surface area (Å²) in [5.41, 5.74) is 0.624. The van der Waals surface area contributed by atoms with E-state index in [1.165, 1.54) is 50.4 Å². The molecular formula is C30H37F2N3O3. The summed E-state index contributed by atoms with van der Waals surface area (Å²) in [6.45, 7) is 7.68. The summed E-state index contributed by atoms with van der Waals surface area (Å²) in [4.78, 5) is 30.8. The highest BCUT2D eigenvalue weighted by Gasteiger charge is 2.34. The van der Waals surface area contributed by atoms with Gasteiger partial charge in [0.05, 0.1) is 11.3 Å². The maximum atomic E-state index is 14.1. The molecule has 0 aromatic heterocycles. The van der Waals surface area contributed by atoms with Crippen molar-refractivity contribution in [3.63, 3.8) is 0 Å². The van der Waals surface area contributed by atoms with E-state index in [1.807, 2.05) is 0 Å². The molecule has 8 heteroatoms. The minimum Gasteiger partial charge on any atom is -0.451 e. The van der Waals surface area contributed by atoms with Crippen LogP contribution in [0.15, 0.2) is 36.4 Å². The molecule has 5 rings (SSSR count). The third kappa shape index (κ3) is 6.17. The maximum absolute atomic E-state index is 14.1. The van der Waals surface area contributed by atoms with E-state index in [0.29, 0.717) is 11.6 Å². The Balaban J connectivity index is 1.29. The summed E-state index contributed by atoms with van der Waals surface area (Å²) in [7, 11) is 0. The Morgan fingerprint density at radius 2 is 1.71 bits per heavy atom. The zero-order valence-corrected chi connectivity index (χ0v) is 22.2. The number of hydrogen-bond donors (Lipinski definition) is 1. The lowest BCUT2D eigenvalue weighted by atomic mass is 9.87. The molecule has 2 heterocycles. The van der Waals surface area contributed by atoms with E-state index in [1.54, 1.807) is 11.0 Å². The topological polar surface area (TPSA) is 61.9 Å². The number of nitrogens with one attached hydrogen (secondary N) is 1. The minimum atomic E-state index is -0.834. The standard InChI is InChI=1S/C30H37F2N3O3/c1-19(2)27(11-8-20-12-14-34(15-13-20)17-21-6-7-21)35-18-28(36)33-26-10-9-22(16-23(26)30(35)37)38-29-24(31)4-3-5-25(29)32/h3-5,9-10,16,19-21,27H,6-8,11-15,17-18H2,1-2H3,(H,33,36). The van der Waals surface area contributed by atoms with Crippen LogP contribution >= 0.6 is 0 Å². The van der Waals surface area contributed by atoms with E-state index in [-0.39, 0.29) is 41.6 Å². The van der Waals surface area contributed by atoms with Crippen LogP contribution in [0.5, 0.6) is 11.5 Å². The lowest BCUT2D eigenvalue weighted by Crippen LogP contribution is -2.46. The van der Waals surface area contributed by atoms with Crippen molar-refractivity contribution >= 4 is 17.5 Å². The van der Waals surface area contributed by atoms with Crippen molar-refractivity contribution in [2.24, 2.45) is 17.8 Å². The summed E-state index contributed by atoms with van der Waals surface area (Å²) in [6, 6.07) is 7.87. The molecule has 0 bridgehead atoms. The second kappa shape index (κ2) is 11.4. The molecule has 2 fully saturated rings. The first-order chi connectivity index (χ1) is 18.3. The van der Waals surface area contributed by atoms with Crippen LogP contribution < -0.4 is 10.1 Å². The highest BCUT2D eigenvalue weighted by molar-refractivity contribution is 6.08. The van der Waals surface area contributed by atoms with Crippen LogP contribution in [-0.2, 0) is 4.79 Å². The van der Waals surface area contributed by atoms with Crippen LogP contribution in [0.4, 0.5) is 14.5 Å². The number of hydrogen-bond acceptors (Lipinski definition) is 4. The first-order valence-corrected chi connectivity index (χ1v) is 13.9. The van der Waals surface area contributed by atoms with Gasteiger partial charge in [-0.15, -0.1) is 0 Å². The lowest BCUT2D eigenvalue weighted by Gasteiger charge is -2.36. The Bertz CT molecular complexity index is 1160. The molecule has 2 aromatic rings. The molecule has 38 heavy (non-hydrogen) atoms. The number of para-hydroxylation sites is 1. The lowest BCUT2D eigenvalue weighted by molar-refractivity contribution is -0.117. The van der Waals surface area contributed by atoms with Gasteiger partial charge in [-0.05, 0) is 99.7 Å². The number of halogens is 2. The fraction of sp³-hybridized carbons (Fsp3) is 0.533. The molecule has 2 amide bonds. The molecule has 1 N–H and O–H groups in total. The maximum Gasteiger partial charge on any atom is 0.256 e. The van der Waals surface area contributed by atoms with Gasteiger partial charge >= 0.3 is 0 Å². The first-order valence-electron chi connectivity index (χ1n) is 13.9. The van der Waals surface area contributed by atoms with E-state index in [0.717, 1.165) is 44.0 Å². The molecule has 2 aliphatic heterocycles. The number of likely N-dealkylation sites (tertiary alicyclic amines) is 1. The smallest absolute Gasteiger partial charge is 0.256 e. The van der Waals surface area contributed by atoms with Gasteiger partial charge in [-0.3, -0.25) is 9.59 Å². The second-order valence-corrected chi connectivity index (χ2v) is 11.4. The quantitative estimate of drug-likeness (QED) is 0.431. The number of fused-ring (bicyclic) bond motifs is 1. The van der Waals surface area contributed by atoms with Gasteiger partial charge in [-0.1, -0.05) is 19.9 Å². The Morgan fingerprint density at radius 1 is 1.00 bits per heavy atom. The number of rotatable bonds is 9. The van der Waals surface area contributed by atoms with E-state index < -0.39 is 17.4 Å². The number of nitrogens with zero attached hydrogens (tertiary/aromatic N) is 2. The first kappa shape index (κ1) is 26.6. The molecule has 204 valence electrons. The van der Waals surface area contributed by atoms with Crippen molar-refractivity contribution in [1.82, 2.24) is 9.80 Å². The van der Waals surface area contributed by atoms with Gasteiger partial charge in [0.1, 0.15) is 12.3 Å². The number of piperidine rings is 1. The van der Waals surface area contributed by atoms with Crippen molar-refractivity contribution in [1.29, 1.82) is 0 Å². The zero-order chi connectivity index (χ0) is 26.8. The van der Waals surface area contributed by atoms with Crippen LogP contribution in [0.1, 0.15) is 62.7 Å². The van der Waals surface area contributed by atoms with Gasteiger partial charge in [0.25, 0.3) is 5.91 Å². The van der Waals surface area contributed by atoms with Crippen molar-refractivity contribution in [3.05, 3.63) is 53.6 Å². The average Bonchev–Trinajstić information content (AvgIpc) is 3.71. The fourth-order valence-electron chi connectivity index (χ4n) is 5.79. The van der Waals surface area contributed by atoms with Crippen LogP contribution in [-0.4, -0.2) is 53.8 Å². The van der Waals surface area contributed by atoms with Crippen LogP contribution in [0.3, 0.4) is 0 Å². The normalized spacial score (nSPS) is 19.8. The van der Waals surface area contributed by atoms with E-state index in [9.17, 15) is 18.4 Å². The minimum absolute atomic E-state index is 0.0334. The average molecular weight is 526 g/mol. The zero-order valence-electron chi connectivity index (χ0n) is 22.2. The van der Waals surface area contributed by atoms with Crippen molar-refractivity contribution in [2.75, 3.05) is 31.5 Å². The summed E-state index contributed by atoms with van der Waals surface area (Å²) in [5.74, 6) is -0.911. The second-order valence-electron chi connectivity index (χ2n) is 11.4. The molecule has 1 unspecified atom stereocenters. The summed E-state index contributed by atoms with van der Waals surface area (Å²) < 4.78 is 33.8. The van der Waals surface area contributed by atoms with Gasteiger partial charge in [0.15, 0.2) is 17.4 Å². The van der Waals surface area contributed by atoms with Gasteiger partial charge in [-0.25, -0.2) is 8.78 Å². The number of benzene rings is 2. The van der Waals surface area contributed by atoms with Crippen molar-refractivity contribution < 1.29 is 23.1 Å². The molecule has 1 saturated carbocycles. The predicted octanol–water partition coefficient (Wildman–Crippen LogP) is 6.08. The van der Waals surface area contributed by atoms with E-state index >= 15 is 0 Å². The third-order valence-corrected chi connectivity index (χ3v) is 8.17. The van der Waals surface area contributed by atoms with Gasteiger partial charge < -0.3 is 19.9 Å². The molecule has 2 aromatic carbocycles. The SMILES string of the molecule is CC(C)C(CCC1CCN(CC2CC2)CC1)N1CC(=O)Nc2ccc(Oc3c(F)cccc3F)cc2C1=O. The van der Waals surface area contributed by atoms with E-state index in [2.05, 4.69) is 24.1 Å². The summed E-state index contributed by atoms with van der Waals surface area (Å²) in [5, 5.41) is 2.81. The number of carbonyl (C=O) groups excluding carboxylic acids is 2.